The van der Waals surface area contributed by atoms with E-state index in [1.54, 1.807) is 24.3 Å². The van der Waals surface area contributed by atoms with Gasteiger partial charge in [-0.25, -0.2) is 0 Å². The largest absolute Gasteiger partial charge is 0.453 e. The van der Waals surface area contributed by atoms with Gasteiger partial charge in [-0.05, 0) is 50.0 Å². The number of ether oxygens (including phenoxy) is 1. The minimum Gasteiger partial charge on any atom is -0.453 e. The fourth-order valence-electron chi connectivity index (χ4n) is 1.80. The van der Waals surface area contributed by atoms with Crippen LogP contribution in [0.25, 0.3) is 0 Å². The second-order valence-electron chi connectivity index (χ2n) is 3.80. The number of allylic oxidation sites excluding steroid dienone is 2. The van der Waals surface area contributed by atoms with Gasteiger partial charge in [0.2, 0.25) is 5.78 Å². The van der Waals surface area contributed by atoms with Crippen LogP contribution in [0.15, 0.2) is 30.0 Å². The highest BCUT2D eigenvalue weighted by atomic mass is 35.5. The minimum atomic E-state index is -0.122. The summed E-state index contributed by atoms with van der Waals surface area (Å²) in [7, 11) is 0. The topological polar surface area (TPSA) is 26.3 Å². The first-order valence-corrected chi connectivity index (χ1v) is 5.57. The molecule has 1 aromatic rings. The van der Waals surface area contributed by atoms with Crippen LogP contribution in [0.2, 0.25) is 5.02 Å². The molecule has 0 saturated heterocycles. The van der Waals surface area contributed by atoms with E-state index < -0.39 is 0 Å². The van der Waals surface area contributed by atoms with Crippen LogP contribution in [0, 0.1) is 31.6 Å². The van der Waals surface area contributed by atoms with Crippen molar-refractivity contribution in [3.8, 4) is 5.75 Å². The van der Waals surface area contributed by atoms with E-state index >= 15 is 0 Å². The van der Waals surface area contributed by atoms with E-state index in [1.807, 2.05) is 25.7 Å². The van der Waals surface area contributed by atoms with Gasteiger partial charge in [0, 0.05) is 10.9 Å². The van der Waals surface area contributed by atoms with Crippen LogP contribution in [-0.2, 0) is 0 Å². The van der Waals surface area contributed by atoms with E-state index in [0.717, 1.165) is 5.92 Å². The number of halogens is 1. The number of benzene rings is 1. The quantitative estimate of drug-likeness (QED) is 0.708. The number of ketones is 1. The maximum atomic E-state index is 12.0. The van der Waals surface area contributed by atoms with Crippen molar-refractivity contribution < 1.29 is 9.53 Å². The highest BCUT2D eigenvalue weighted by molar-refractivity contribution is 6.31. The monoisotopic (exact) mass is 243 g/mol. The number of carbonyl (C=O) groups is 1. The molecule has 3 heteroatoms. The number of hydrogen-bond donors (Lipinski definition) is 0. The van der Waals surface area contributed by atoms with Crippen molar-refractivity contribution in [1.82, 2.24) is 0 Å². The molecule has 1 aliphatic heterocycles. The Kier molecular flexibility index (Phi) is 2.67. The van der Waals surface area contributed by atoms with E-state index in [1.165, 1.54) is 0 Å². The van der Waals surface area contributed by atoms with E-state index in [4.69, 9.17) is 16.3 Å². The predicted octanol–water partition coefficient (Wildman–Crippen LogP) is 3.20. The number of hydrogen-bond acceptors (Lipinski definition) is 2. The lowest BCUT2D eigenvalue weighted by Crippen LogP contribution is -2.01. The summed E-state index contributed by atoms with van der Waals surface area (Å²) in [6, 6.07) is 5.05. The molecule has 0 N–H and O–H groups in total. The van der Waals surface area contributed by atoms with Crippen LogP contribution in [0.4, 0.5) is 0 Å². The van der Waals surface area contributed by atoms with E-state index in [-0.39, 0.29) is 5.78 Å². The highest BCUT2D eigenvalue weighted by Gasteiger charge is 2.29. The van der Waals surface area contributed by atoms with Crippen LogP contribution in [0.1, 0.15) is 10.4 Å². The molecular weight excluding hydrogens is 236 g/mol. The first-order chi connectivity index (χ1) is 8.24. The van der Waals surface area contributed by atoms with Gasteiger partial charge in [-0.3, -0.25) is 4.79 Å². The molecule has 0 atom stereocenters. The van der Waals surface area contributed by atoms with Crippen LogP contribution in [0.3, 0.4) is 0 Å². The molecule has 1 heterocycles. The Balaban J connectivity index is 1.90. The molecule has 0 unspecified atom stereocenters. The zero-order chi connectivity index (χ0) is 11.8. The lowest BCUT2D eigenvalue weighted by Gasteiger charge is -2.01. The third-order valence-corrected chi connectivity index (χ3v) is 2.85. The number of Topliss-reactive ketones (excluding diaryl/α,β-unsaturated/α-hetero) is 1. The number of carbonyl (C=O) groups excluding carboxylic acids is 1. The van der Waals surface area contributed by atoms with Crippen LogP contribution < -0.4 is 4.74 Å². The predicted molar refractivity (Wildman–Crippen MR) is 64.9 cm³/mol. The third-order valence-electron chi connectivity index (χ3n) is 2.62. The van der Waals surface area contributed by atoms with Gasteiger partial charge < -0.3 is 4.74 Å². The molecule has 2 aliphatic rings. The molecule has 83 valence electrons. The van der Waals surface area contributed by atoms with Crippen molar-refractivity contribution in [3.05, 3.63) is 72.2 Å². The zero-order valence-corrected chi connectivity index (χ0v) is 9.57. The van der Waals surface area contributed by atoms with E-state index in [9.17, 15) is 4.79 Å². The van der Waals surface area contributed by atoms with Gasteiger partial charge in [0.15, 0.2) is 5.76 Å². The summed E-state index contributed by atoms with van der Waals surface area (Å²) in [5, 5.41) is 0.537. The maximum absolute atomic E-state index is 12.0. The Hall–Kier alpha value is -1.28. The normalized spacial score (nSPS) is 21.9. The standard InChI is InChI=1S/C14H8ClO2/c15-10-5-6-12-11(8-10)14(16)13(17-12)7-9-3-1-2-4-9/h1-8H/b13-7-. The summed E-state index contributed by atoms with van der Waals surface area (Å²) < 4.78 is 5.50. The first kappa shape index (κ1) is 10.8. The van der Waals surface area contributed by atoms with Gasteiger partial charge in [0.1, 0.15) is 5.75 Å². The Morgan fingerprint density at radius 3 is 2.71 bits per heavy atom. The van der Waals surface area contributed by atoms with E-state index in [0.29, 0.717) is 22.1 Å². The average molecular weight is 244 g/mol. The first-order valence-electron chi connectivity index (χ1n) is 5.19. The Morgan fingerprint density at radius 1 is 1.18 bits per heavy atom. The van der Waals surface area contributed by atoms with Gasteiger partial charge in [-0.1, -0.05) is 11.6 Å². The molecule has 0 aromatic heterocycles. The van der Waals surface area contributed by atoms with Crippen molar-refractivity contribution in [2.75, 3.05) is 0 Å². The molecule has 1 saturated carbocycles. The van der Waals surface area contributed by atoms with Crippen molar-refractivity contribution >= 4 is 17.4 Å². The smallest absolute Gasteiger partial charge is 0.231 e. The molecule has 1 aliphatic carbocycles. The van der Waals surface area contributed by atoms with Crippen molar-refractivity contribution in [1.29, 1.82) is 0 Å². The molecule has 0 amide bonds. The Labute approximate surface area is 105 Å². The molecule has 3 rings (SSSR count). The molecule has 2 nitrogen and oxygen atoms in total. The fourth-order valence-corrected chi connectivity index (χ4v) is 1.97. The summed E-state index contributed by atoms with van der Waals surface area (Å²) in [6.45, 7) is 0. The Bertz CT molecular complexity index is 499. The van der Waals surface area contributed by atoms with Gasteiger partial charge in [-0.15, -0.1) is 0 Å². The maximum Gasteiger partial charge on any atom is 0.231 e. The van der Waals surface area contributed by atoms with Crippen molar-refractivity contribution in [3.63, 3.8) is 0 Å². The van der Waals surface area contributed by atoms with Gasteiger partial charge in [0.05, 0.1) is 5.56 Å². The zero-order valence-electron chi connectivity index (χ0n) is 8.81. The molecule has 5 radical (unpaired) electrons. The third kappa shape index (κ3) is 1.98. The second kappa shape index (κ2) is 4.19. The number of rotatable bonds is 1. The fraction of sp³-hybridized carbons (Fsp3) is 0. The van der Waals surface area contributed by atoms with Crippen LogP contribution in [0.5, 0.6) is 5.75 Å². The van der Waals surface area contributed by atoms with E-state index in [2.05, 4.69) is 0 Å². The molecule has 17 heavy (non-hydrogen) atoms. The number of fused-ring (bicyclic) bond motifs is 1. The summed E-state index contributed by atoms with van der Waals surface area (Å²) in [4.78, 5) is 12.0. The van der Waals surface area contributed by atoms with Crippen molar-refractivity contribution in [2.24, 2.45) is 0 Å². The molecule has 1 fully saturated rings. The van der Waals surface area contributed by atoms with Crippen LogP contribution >= 0.6 is 11.6 Å². The molecule has 0 bridgehead atoms. The Morgan fingerprint density at radius 2 is 1.94 bits per heavy atom. The van der Waals surface area contributed by atoms with Gasteiger partial charge in [-0.2, -0.15) is 0 Å². The van der Waals surface area contributed by atoms with Crippen molar-refractivity contribution in [2.45, 2.75) is 0 Å². The second-order valence-corrected chi connectivity index (χ2v) is 4.23. The lowest BCUT2D eigenvalue weighted by molar-refractivity contribution is 0.101. The minimum absolute atomic E-state index is 0.122. The lowest BCUT2D eigenvalue weighted by atomic mass is 10.0. The van der Waals surface area contributed by atoms with Crippen LogP contribution in [-0.4, -0.2) is 5.78 Å². The summed E-state index contributed by atoms with van der Waals surface area (Å²) in [5.74, 6) is 1.74. The SMILES string of the molecule is O=C1/C(=C/[C]2[CH][CH][CH][CH]2)Oc2ccc(Cl)cc21. The summed E-state index contributed by atoms with van der Waals surface area (Å²) in [5.41, 5.74) is 0.523. The highest BCUT2D eigenvalue weighted by Crippen LogP contribution is 2.35. The average Bonchev–Trinajstić information content (AvgIpc) is 2.91. The molecular formula is C14H8ClO2. The van der Waals surface area contributed by atoms with Gasteiger partial charge >= 0.3 is 0 Å². The molecule has 1 aromatic carbocycles. The summed E-state index contributed by atoms with van der Waals surface area (Å²) >= 11 is 5.85. The summed E-state index contributed by atoms with van der Waals surface area (Å²) in [6.07, 6.45) is 9.39. The van der Waals surface area contributed by atoms with Gasteiger partial charge in [0.25, 0.3) is 0 Å². The molecule has 0 spiro atoms.